The van der Waals surface area contributed by atoms with Crippen molar-refractivity contribution in [3.8, 4) is 17.2 Å². The summed E-state index contributed by atoms with van der Waals surface area (Å²) in [6.07, 6.45) is 0.0528. The number of hydrogen-bond donors (Lipinski definition) is 1. The van der Waals surface area contributed by atoms with Crippen molar-refractivity contribution in [1.82, 2.24) is 5.32 Å². The third-order valence-electron chi connectivity index (χ3n) is 3.33. The monoisotopic (exact) mass is 441 g/mol. The standard InChI is InChI=1S/C19H21BrClNO4/c1-12(2)26-17-6-4-13(8-18(17)24-3)10-22-19(23)11-25-16-7-5-14(20)9-15(16)21/h4-9,12H,10-11H2,1-3H3,(H,22,23). The van der Waals surface area contributed by atoms with E-state index in [1.807, 2.05) is 32.0 Å². The van der Waals surface area contributed by atoms with Crippen molar-refractivity contribution < 1.29 is 19.0 Å². The predicted octanol–water partition coefficient (Wildman–Crippen LogP) is 4.59. The molecule has 0 aliphatic carbocycles. The van der Waals surface area contributed by atoms with Crippen LogP contribution in [0.2, 0.25) is 5.02 Å². The Hall–Kier alpha value is -1.92. The van der Waals surface area contributed by atoms with Gasteiger partial charge in [0.25, 0.3) is 5.91 Å². The van der Waals surface area contributed by atoms with Gasteiger partial charge in [0.1, 0.15) is 5.75 Å². The van der Waals surface area contributed by atoms with E-state index in [1.165, 1.54) is 0 Å². The van der Waals surface area contributed by atoms with Crippen LogP contribution in [0.1, 0.15) is 19.4 Å². The summed E-state index contributed by atoms with van der Waals surface area (Å²) in [7, 11) is 1.58. The Morgan fingerprint density at radius 3 is 2.54 bits per heavy atom. The van der Waals surface area contributed by atoms with Crippen LogP contribution in [-0.2, 0) is 11.3 Å². The maximum Gasteiger partial charge on any atom is 0.258 e. The zero-order valence-corrected chi connectivity index (χ0v) is 17.2. The van der Waals surface area contributed by atoms with E-state index in [0.717, 1.165) is 10.0 Å². The molecule has 0 saturated carbocycles. The van der Waals surface area contributed by atoms with Crippen LogP contribution in [0, 0.1) is 0 Å². The first-order valence-corrected chi connectivity index (χ1v) is 9.24. The quantitative estimate of drug-likeness (QED) is 0.649. The first-order chi connectivity index (χ1) is 12.4. The summed E-state index contributed by atoms with van der Waals surface area (Å²) in [6, 6.07) is 10.8. The van der Waals surface area contributed by atoms with Crippen molar-refractivity contribution in [1.29, 1.82) is 0 Å². The lowest BCUT2D eigenvalue weighted by atomic mass is 10.2. The van der Waals surface area contributed by atoms with E-state index in [2.05, 4.69) is 21.2 Å². The number of amides is 1. The lowest BCUT2D eigenvalue weighted by Crippen LogP contribution is -2.28. The van der Waals surface area contributed by atoms with Gasteiger partial charge in [-0.3, -0.25) is 4.79 Å². The van der Waals surface area contributed by atoms with E-state index >= 15 is 0 Å². The summed E-state index contributed by atoms with van der Waals surface area (Å²) in [5.41, 5.74) is 0.896. The van der Waals surface area contributed by atoms with Crippen molar-refractivity contribution in [3.63, 3.8) is 0 Å². The number of nitrogens with one attached hydrogen (secondary N) is 1. The molecule has 2 aromatic rings. The van der Waals surface area contributed by atoms with E-state index in [4.69, 9.17) is 25.8 Å². The van der Waals surface area contributed by atoms with E-state index in [0.29, 0.717) is 28.8 Å². The van der Waals surface area contributed by atoms with Gasteiger partial charge >= 0.3 is 0 Å². The van der Waals surface area contributed by atoms with Crippen molar-refractivity contribution >= 4 is 33.4 Å². The fourth-order valence-electron chi connectivity index (χ4n) is 2.16. The van der Waals surface area contributed by atoms with Gasteiger partial charge in [-0.1, -0.05) is 33.6 Å². The highest BCUT2D eigenvalue weighted by molar-refractivity contribution is 9.10. The van der Waals surface area contributed by atoms with Crippen LogP contribution >= 0.6 is 27.5 Å². The van der Waals surface area contributed by atoms with E-state index < -0.39 is 0 Å². The van der Waals surface area contributed by atoms with Crippen LogP contribution in [0.25, 0.3) is 0 Å². The maximum atomic E-state index is 12.0. The van der Waals surface area contributed by atoms with E-state index in [-0.39, 0.29) is 18.6 Å². The van der Waals surface area contributed by atoms with Crippen LogP contribution in [0.5, 0.6) is 17.2 Å². The molecule has 2 aromatic carbocycles. The number of hydrogen-bond acceptors (Lipinski definition) is 4. The van der Waals surface area contributed by atoms with Gasteiger partial charge in [0.15, 0.2) is 18.1 Å². The molecular formula is C19H21BrClNO4. The minimum atomic E-state index is -0.245. The molecular weight excluding hydrogens is 422 g/mol. The Bertz CT molecular complexity index is 767. The highest BCUT2D eigenvalue weighted by Gasteiger charge is 2.10. The molecule has 1 N–H and O–H groups in total. The van der Waals surface area contributed by atoms with Crippen molar-refractivity contribution in [2.75, 3.05) is 13.7 Å². The largest absolute Gasteiger partial charge is 0.493 e. The summed E-state index contributed by atoms with van der Waals surface area (Å²) in [6.45, 7) is 4.14. The van der Waals surface area contributed by atoms with Gasteiger partial charge in [0, 0.05) is 11.0 Å². The molecule has 0 unspecified atom stereocenters. The normalized spacial score (nSPS) is 10.5. The molecule has 0 aliphatic heterocycles. The molecule has 5 nitrogen and oxygen atoms in total. The van der Waals surface area contributed by atoms with Crippen LogP contribution in [0.4, 0.5) is 0 Å². The van der Waals surface area contributed by atoms with Gasteiger partial charge in [-0.15, -0.1) is 0 Å². The molecule has 26 heavy (non-hydrogen) atoms. The van der Waals surface area contributed by atoms with Crippen LogP contribution in [0.3, 0.4) is 0 Å². The van der Waals surface area contributed by atoms with Crippen molar-refractivity contribution in [2.24, 2.45) is 0 Å². The summed E-state index contributed by atoms with van der Waals surface area (Å²) in [5, 5.41) is 3.24. The lowest BCUT2D eigenvalue weighted by Gasteiger charge is -2.15. The number of carbonyl (C=O) groups is 1. The second-order valence-corrected chi connectivity index (χ2v) is 7.11. The van der Waals surface area contributed by atoms with Gasteiger partial charge < -0.3 is 19.5 Å². The maximum absolute atomic E-state index is 12.0. The highest BCUT2D eigenvalue weighted by Crippen LogP contribution is 2.29. The molecule has 0 spiro atoms. The molecule has 2 rings (SSSR count). The number of rotatable bonds is 8. The second-order valence-electron chi connectivity index (χ2n) is 5.79. The van der Waals surface area contributed by atoms with Gasteiger partial charge in [-0.05, 0) is 49.7 Å². The summed E-state index contributed by atoms with van der Waals surface area (Å²) < 4.78 is 17.3. The molecule has 0 aliphatic rings. The van der Waals surface area contributed by atoms with Crippen LogP contribution in [0.15, 0.2) is 40.9 Å². The average molecular weight is 443 g/mol. The predicted molar refractivity (Wildman–Crippen MR) is 105 cm³/mol. The molecule has 7 heteroatoms. The third kappa shape index (κ3) is 6.11. The Morgan fingerprint density at radius 1 is 1.15 bits per heavy atom. The number of benzene rings is 2. The second kappa shape index (κ2) is 9.69. The minimum absolute atomic E-state index is 0.0528. The first kappa shape index (κ1) is 20.4. The third-order valence-corrected chi connectivity index (χ3v) is 4.12. The topological polar surface area (TPSA) is 56.8 Å². The van der Waals surface area contributed by atoms with Crippen molar-refractivity contribution in [2.45, 2.75) is 26.5 Å². The molecule has 140 valence electrons. The zero-order chi connectivity index (χ0) is 19.1. The summed E-state index contributed by atoms with van der Waals surface area (Å²) in [5.74, 6) is 1.52. The summed E-state index contributed by atoms with van der Waals surface area (Å²) >= 11 is 9.38. The molecule has 0 heterocycles. The average Bonchev–Trinajstić information content (AvgIpc) is 2.59. The number of methoxy groups -OCH3 is 1. The van der Waals surface area contributed by atoms with Crippen LogP contribution < -0.4 is 19.5 Å². The van der Waals surface area contributed by atoms with Gasteiger partial charge in [-0.25, -0.2) is 0 Å². The fraction of sp³-hybridized carbons (Fsp3) is 0.316. The fourth-order valence-corrected chi connectivity index (χ4v) is 2.89. The van der Waals surface area contributed by atoms with E-state index in [9.17, 15) is 4.79 Å². The smallest absolute Gasteiger partial charge is 0.258 e. The number of halogens is 2. The van der Waals surface area contributed by atoms with Gasteiger partial charge in [0.2, 0.25) is 0 Å². The number of ether oxygens (including phenoxy) is 3. The lowest BCUT2D eigenvalue weighted by molar-refractivity contribution is -0.123. The highest BCUT2D eigenvalue weighted by atomic mass is 79.9. The minimum Gasteiger partial charge on any atom is -0.493 e. The molecule has 0 saturated heterocycles. The van der Waals surface area contributed by atoms with Crippen LogP contribution in [-0.4, -0.2) is 25.7 Å². The molecule has 0 radical (unpaired) electrons. The molecule has 0 aromatic heterocycles. The van der Waals surface area contributed by atoms with Gasteiger partial charge in [0.05, 0.1) is 18.2 Å². The Kier molecular flexibility index (Phi) is 7.60. The Labute approximate surface area is 166 Å². The first-order valence-electron chi connectivity index (χ1n) is 8.07. The zero-order valence-electron chi connectivity index (χ0n) is 14.8. The van der Waals surface area contributed by atoms with Gasteiger partial charge in [-0.2, -0.15) is 0 Å². The molecule has 0 fully saturated rings. The summed E-state index contributed by atoms with van der Waals surface area (Å²) in [4.78, 5) is 12.0. The Morgan fingerprint density at radius 2 is 1.88 bits per heavy atom. The molecule has 1 amide bonds. The molecule has 0 atom stereocenters. The Balaban J connectivity index is 1.88. The molecule has 0 bridgehead atoms. The van der Waals surface area contributed by atoms with E-state index in [1.54, 1.807) is 25.3 Å². The van der Waals surface area contributed by atoms with Crippen molar-refractivity contribution in [3.05, 3.63) is 51.5 Å². The SMILES string of the molecule is COc1cc(CNC(=O)COc2ccc(Br)cc2Cl)ccc1OC(C)C. The number of carbonyl (C=O) groups excluding carboxylic acids is 1.